The lowest BCUT2D eigenvalue weighted by molar-refractivity contribution is 0.417. The van der Waals surface area contributed by atoms with E-state index < -0.39 is 0 Å². The molecule has 2 aliphatic rings. The molecular formula is C16H22ClN. The largest absolute Gasteiger partial charge is 0.310 e. The van der Waals surface area contributed by atoms with E-state index in [1.807, 2.05) is 12.1 Å². The number of halogens is 1. The summed E-state index contributed by atoms with van der Waals surface area (Å²) in [5.41, 5.74) is 1.42. The second-order valence-electron chi connectivity index (χ2n) is 5.82. The van der Waals surface area contributed by atoms with Gasteiger partial charge in [-0.2, -0.15) is 0 Å². The average molecular weight is 264 g/mol. The Bertz CT molecular complexity index is 390. The third-order valence-corrected chi connectivity index (χ3v) is 4.95. The van der Waals surface area contributed by atoms with Crippen molar-refractivity contribution in [3.05, 3.63) is 34.9 Å². The van der Waals surface area contributed by atoms with Crippen LogP contribution in [0.3, 0.4) is 0 Å². The summed E-state index contributed by atoms with van der Waals surface area (Å²) < 4.78 is 0. The Morgan fingerprint density at radius 2 is 1.89 bits per heavy atom. The van der Waals surface area contributed by atoms with Crippen LogP contribution in [-0.4, -0.2) is 6.54 Å². The van der Waals surface area contributed by atoms with Gasteiger partial charge in [0.25, 0.3) is 0 Å². The number of hydrogen-bond donors (Lipinski definition) is 1. The Hall–Kier alpha value is -0.530. The molecule has 2 fully saturated rings. The number of nitrogens with one attached hydrogen (secondary N) is 1. The van der Waals surface area contributed by atoms with Gasteiger partial charge in [-0.15, -0.1) is 0 Å². The van der Waals surface area contributed by atoms with Gasteiger partial charge in [0.15, 0.2) is 0 Å². The van der Waals surface area contributed by atoms with Crippen molar-refractivity contribution in [1.29, 1.82) is 0 Å². The molecular weight excluding hydrogens is 242 g/mol. The number of benzene rings is 1. The predicted octanol–water partition coefficient (Wildman–Crippen LogP) is 4.43. The van der Waals surface area contributed by atoms with Gasteiger partial charge >= 0.3 is 0 Å². The van der Waals surface area contributed by atoms with Crippen molar-refractivity contribution in [2.24, 2.45) is 17.8 Å². The van der Waals surface area contributed by atoms with E-state index in [1.54, 1.807) is 0 Å². The van der Waals surface area contributed by atoms with Crippen molar-refractivity contribution in [2.75, 3.05) is 6.54 Å². The van der Waals surface area contributed by atoms with Crippen LogP contribution in [0.15, 0.2) is 24.3 Å². The smallest absolute Gasteiger partial charge is 0.0406 e. The molecule has 2 heteroatoms. The van der Waals surface area contributed by atoms with E-state index in [0.29, 0.717) is 6.04 Å². The van der Waals surface area contributed by atoms with Crippen LogP contribution in [-0.2, 0) is 0 Å². The van der Waals surface area contributed by atoms with E-state index in [2.05, 4.69) is 24.4 Å². The summed E-state index contributed by atoms with van der Waals surface area (Å²) >= 11 is 5.99. The van der Waals surface area contributed by atoms with Crippen LogP contribution in [0.5, 0.6) is 0 Å². The zero-order chi connectivity index (χ0) is 12.5. The van der Waals surface area contributed by atoms with Crippen molar-refractivity contribution < 1.29 is 0 Å². The van der Waals surface area contributed by atoms with Crippen LogP contribution in [0.4, 0.5) is 0 Å². The molecule has 1 aromatic rings. The van der Waals surface area contributed by atoms with Gasteiger partial charge in [-0.25, -0.2) is 0 Å². The molecule has 1 aromatic carbocycles. The molecule has 0 aliphatic heterocycles. The zero-order valence-electron chi connectivity index (χ0n) is 11.0. The van der Waals surface area contributed by atoms with E-state index >= 15 is 0 Å². The van der Waals surface area contributed by atoms with E-state index in [0.717, 1.165) is 29.3 Å². The first-order chi connectivity index (χ1) is 8.81. The monoisotopic (exact) mass is 263 g/mol. The molecule has 18 heavy (non-hydrogen) atoms. The minimum atomic E-state index is 0.553. The molecule has 2 saturated carbocycles. The van der Waals surface area contributed by atoms with Gasteiger partial charge in [-0.1, -0.05) is 37.1 Å². The lowest BCUT2D eigenvalue weighted by Gasteiger charge is -2.21. The molecule has 98 valence electrons. The van der Waals surface area contributed by atoms with Crippen LogP contribution >= 0.6 is 11.6 Å². The Morgan fingerprint density at radius 3 is 2.50 bits per heavy atom. The summed E-state index contributed by atoms with van der Waals surface area (Å²) in [6, 6.07) is 9.00. The molecule has 3 unspecified atom stereocenters. The molecule has 0 amide bonds. The Morgan fingerprint density at radius 1 is 1.22 bits per heavy atom. The van der Waals surface area contributed by atoms with E-state index in [9.17, 15) is 0 Å². The average Bonchev–Trinajstić information content (AvgIpc) is 2.85. The SMILES string of the molecule is CCCNC(c1ccc(Cl)cc1)C1C2CCCC21. The van der Waals surface area contributed by atoms with Crippen molar-refractivity contribution in [2.45, 2.75) is 38.6 Å². The highest BCUT2D eigenvalue weighted by atomic mass is 35.5. The maximum Gasteiger partial charge on any atom is 0.0406 e. The Balaban J connectivity index is 1.75. The number of fused-ring (bicyclic) bond motifs is 1. The van der Waals surface area contributed by atoms with Crippen LogP contribution < -0.4 is 5.32 Å². The van der Waals surface area contributed by atoms with E-state index in [1.165, 1.54) is 31.2 Å². The third kappa shape index (κ3) is 2.31. The van der Waals surface area contributed by atoms with Gasteiger partial charge in [0.2, 0.25) is 0 Å². The first kappa shape index (κ1) is 12.5. The fourth-order valence-corrected chi connectivity index (χ4v) is 3.94. The molecule has 3 atom stereocenters. The lowest BCUT2D eigenvalue weighted by Crippen LogP contribution is -2.25. The minimum absolute atomic E-state index is 0.553. The van der Waals surface area contributed by atoms with Gasteiger partial charge in [-0.05, 0) is 61.3 Å². The number of hydrogen-bond acceptors (Lipinski definition) is 1. The summed E-state index contributed by atoms with van der Waals surface area (Å²) in [5, 5.41) is 4.59. The fourth-order valence-electron chi connectivity index (χ4n) is 3.82. The highest BCUT2D eigenvalue weighted by Crippen LogP contribution is 2.62. The summed E-state index contributed by atoms with van der Waals surface area (Å²) in [7, 11) is 0. The molecule has 2 aliphatic carbocycles. The van der Waals surface area contributed by atoms with Gasteiger partial charge in [-0.3, -0.25) is 0 Å². The van der Waals surface area contributed by atoms with Gasteiger partial charge in [0, 0.05) is 11.1 Å². The quantitative estimate of drug-likeness (QED) is 0.829. The van der Waals surface area contributed by atoms with Crippen LogP contribution in [0.1, 0.15) is 44.2 Å². The van der Waals surface area contributed by atoms with E-state index in [-0.39, 0.29) is 0 Å². The first-order valence-electron chi connectivity index (χ1n) is 7.30. The summed E-state index contributed by atoms with van der Waals surface area (Å²) in [6.45, 7) is 3.35. The second kappa shape index (κ2) is 5.22. The molecule has 0 saturated heterocycles. The standard InChI is InChI=1S/C16H22ClN/c1-2-10-18-16(11-6-8-12(17)9-7-11)15-13-4-3-5-14(13)15/h6-9,13-16,18H,2-5,10H2,1H3. The van der Waals surface area contributed by atoms with Crippen molar-refractivity contribution in [3.8, 4) is 0 Å². The second-order valence-corrected chi connectivity index (χ2v) is 6.26. The molecule has 0 heterocycles. The van der Waals surface area contributed by atoms with Gasteiger partial charge in [0.05, 0.1) is 0 Å². The molecule has 0 spiro atoms. The van der Waals surface area contributed by atoms with Crippen LogP contribution in [0, 0.1) is 17.8 Å². The van der Waals surface area contributed by atoms with Crippen molar-refractivity contribution in [3.63, 3.8) is 0 Å². The highest BCUT2D eigenvalue weighted by molar-refractivity contribution is 6.30. The molecule has 1 nitrogen and oxygen atoms in total. The normalized spacial score (nSPS) is 31.1. The molecule has 0 radical (unpaired) electrons. The maximum atomic E-state index is 5.99. The van der Waals surface area contributed by atoms with Gasteiger partial charge in [0.1, 0.15) is 0 Å². The summed E-state index contributed by atoms with van der Waals surface area (Å²) in [4.78, 5) is 0. The Labute approximate surface area is 115 Å². The molecule has 1 N–H and O–H groups in total. The summed E-state index contributed by atoms with van der Waals surface area (Å²) in [6.07, 6.45) is 5.56. The summed E-state index contributed by atoms with van der Waals surface area (Å²) in [5.74, 6) is 2.87. The van der Waals surface area contributed by atoms with Crippen LogP contribution in [0.2, 0.25) is 5.02 Å². The zero-order valence-corrected chi connectivity index (χ0v) is 11.8. The maximum absolute atomic E-state index is 5.99. The highest BCUT2D eigenvalue weighted by Gasteiger charge is 2.55. The number of rotatable bonds is 5. The molecule has 0 bridgehead atoms. The van der Waals surface area contributed by atoms with Crippen molar-refractivity contribution >= 4 is 11.6 Å². The molecule has 3 rings (SSSR count). The van der Waals surface area contributed by atoms with Crippen LogP contribution in [0.25, 0.3) is 0 Å². The van der Waals surface area contributed by atoms with Gasteiger partial charge < -0.3 is 5.32 Å². The predicted molar refractivity (Wildman–Crippen MR) is 76.8 cm³/mol. The fraction of sp³-hybridized carbons (Fsp3) is 0.625. The minimum Gasteiger partial charge on any atom is -0.310 e. The first-order valence-corrected chi connectivity index (χ1v) is 7.68. The van der Waals surface area contributed by atoms with E-state index in [4.69, 9.17) is 11.6 Å². The van der Waals surface area contributed by atoms with Crippen molar-refractivity contribution in [1.82, 2.24) is 5.32 Å². The Kier molecular flexibility index (Phi) is 3.63. The third-order valence-electron chi connectivity index (χ3n) is 4.70. The topological polar surface area (TPSA) is 12.0 Å². The lowest BCUT2D eigenvalue weighted by atomic mass is 9.97. The molecule has 0 aromatic heterocycles.